The monoisotopic (exact) mass is 275 g/mol. The summed E-state index contributed by atoms with van der Waals surface area (Å²) in [5.41, 5.74) is 2.30. The molecule has 110 valence electrons. The molecule has 20 heavy (non-hydrogen) atoms. The van der Waals surface area contributed by atoms with Gasteiger partial charge >= 0.3 is 6.03 Å². The first-order valence-electron chi connectivity index (χ1n) is 7.46. The van der Waals surface area contributed by atoms with Crippen molar-refractivity contribution in [2.45, 2.75) is 32.2 Å². The first-order valence-corrected chi connectivity index (χ1v) is 7.46. The normalized spacial score (nSPS) is 18.4. The number of carbonyl (C=O) groups is 1. The highest BCUT2D eigenvalue weighted by atomic mass is 16.2. The molecule has 0 aromatic heterocycles. The van der Waals surface area contributed by atoms with Gasteiger partial charge in [0, 0.05) is 26.7 Å². The molecule has 0 bridgehead atoms. The van der Waals surface area contributed by atoms with Crippen LogP contribution in [-0.4, -0.2) is 38.1 Å². The molecule has 0 spiro atoms. The third-order valence-electron chi connectivity index (χ3n) is 3.73. The van der Waals surface area contributed by atoms with E-state index in [0.717, 1.165) is 38.0 Å². The van der Waals surface area contributed by atoms with Crippen LogP contribution >= 0.6 is 0 Å². The fourth-order valence-corrected chi connectivity index (χ4v) is 2.73. The van der Waals surface area contributed by atoms with Crippen molar-refractivity contribution in [3.05, 3.63) is 29.8 Å². The van der Waals surface area contributed by atoms with E-state index in [0.29, 0.717) is 6.04 Å². The first-order chi connectivity index (χ1) is 9.65. The first kappa shape index (κ1) is 14.9. The van der Waals surface area contributed by atoms with Gasteiger partial charge in [-0.15, -0.1) is 0 Å². The maximum Gasteiger partial charge on any atom is 0.323 e. The van der Waals surface area contributed by atoms with Gasteiger partial charge in [0.1, 0.15) is 0 Å². The number of nitrogens with zero attached hydrogens (tertiary/aromatic N) is 2. The van der Waals surface area contributed by atoms with Crippen LogP contribution in [-0.2, 0) is 0 Å². The molecule has 2 amide bonds. The fraction of sp³-hybridized carbons (Fsp3) is 0.562. The van der Waals surface area contributed by atoms with Crippen LogP contribution in [0.4, 0.5) is 10.5 Å². The molecular weight excluding hydrogens is 250 g/mol. The highest BCUT2D eigenvalue weighted by Gasteiger charge is 2.26. The lowest BCUT2D eigenvalue weighted by molar-refractivity contribution is 0.224. The van der Waals surface area contributed by atoms with Crippen LogP contribution in [0.25, 0.3) is 0 Å². The van der Waals surface area contributed by atoms with Crippen molar-refractivity contribution in [3.8, 4) is 0 Å². The Morgan fingerprint density at radius 1 is 1.40 bits per heavy atom. The molecular formula is C16H25N3O. The van der Waals surface area contributed by atoms with Gasteiger partial charge in [0.2, 0.25) is 0 Å². The molecule has 0 saturated carbocycles. The number of fused-ring (bicyclic) bond motifs is 1. The molecule has 1 aromatic carbocycles. The summed E-state index contributed by atoms with van der Waals surface area (Å²) in [5.74, 6) is 0. The molecule has 4 nitrogen and oxygen atoms in total. The zero-order chi connectivity index (χ0) is 14.5. The van der Waals surface area contributed by atoms with Gasteiger partial charge in [0.25, 0.3) is 0 Å². The topological polar surface area (TPSA) is 35.6 Å². The number of nitrogens with one attached hydrogen (secondary N) is 1. The van der Waals surface area contributed by atoms with Crippen molar-refractivity contribution in [2.24, 2.45) is 0 Å². The van der Waals surface area contributed by atoms with Crippen LogP contribution in [0.1, 0.15) is 37.8 Å². The number of hydrogen-bond acceptors (Lipinski definition) is 2. The van der Waals surface area contributed by atoms with E-state index in [9.17, 15) is 4.79 Å². The second kappa shape index (κ2) is 6.75. The molecule has 0 aliphatic carbocycles. The highest BCUT2D eigenvalue weighted by molar-refractivity contribution is 5.92. The summed E-state index contributed by atoms with van der Waals surface area (Å²) in [6.45, 7) is 3.98. The number of amides is 2. The average Bonchev–Trinajstić information content (AvgIpc) is 2.64. The predicted octanol–water partition coefficient (Wildman–Crippen LogP) is 3.01. The quantitative estimate of drug-likeness (QED) is 0.920. The van der Waals surface area contributed by atoms with E-state index >= 15 is 0 Å². The van der Waals surface area contributed by atoms with Crippen molar-refractivity contribution in [1.82, 2.24) is 10.2 Å². The van der Waals surface area contributed by atoms with Gasteiger partial charge in [0.15, 0.2) is 0 Å². The maximum atomic E-state index is 12.4. The van der Waals surface area contributed by atoms with Crippen LogP contribution in [0.15, 0.2) is 24.3 Å². The van der Waals surface area contributed by atoms with Crippen molar-refractivity contribution < 1.29 is 4.79 Å². The minimum absolute atomic E-state index is 0.0635. The van der Waals surface area contributed by atoms with E-state index in [-0.39, 0.29) is 6.03 Å². The summed E-state index contributed by atoms with van der Waals surface area (Å²) in [4.78, 5) is 15.9. The zero-order valence-corrected chi connectivity index (χ0v) is 12.7. The molecule has 1 aliphatic rings. The molecule has 0 fully saturated rings. The van der Waals surface area contributed by atoms with E-state index in [2.05, 4.69) is 30.4 Å². The lowest BCUT2D eigenvalue weighted by atomic mass is 10.0. The number of para-hydroxylation sites is 1. The highest BCUT2D eigenvalue weighted by Crippen LogP contribution is 2.33. The number of hydrogen-bond donors (Lipinski definition) is 1. The Hall–Kier alpha value is -1.55. The average molecular weight is 275 g/mol. The molecule has 1 unspecified atom stereocenters. The van der Waals surface area contributed by atoms with Gasteiger partial charge in [-0.2, -0.15) is 0 Å². The van der Waals surface area contributed by atoms with E-state index in [1.807, 2.05) is 25.1 Å². The van der Waals surface area contributed by atoms with Crippen molar-refractivity contribution >= 4 is 11.7 Å². The van der Waals surface area contributed by atoms with Crippen LogP contribution in [0.3, 0.4) is 0 Å². The number of anilines is 1. The largest absolute Gasteiger partial charge is 0.330 e. The third-order valence-corrected chi connectivity index (χ3v) is 3.73. The van der Waals surface area contributed by atoms with E-state index in [1.54, 1.807) is 4.90 Å². The Balaban J connectivity index is 2.32. The number of carbonyl (C=O) groups excluding carboxylic acids is 1. The SMILES string of the molecule is CCCNC1CCCN(C(=O)N(C)C)c2ccccc21. The van der Waals surface area contributed by atoms with Gasteiger partial charge in [-0.05, 0) is 37.4 Å². The summed E-state index contributed by atoms with van der Waals surface area (Å²) in [6.07, 6.45) is 3.23. The maximum absolute atomic E-state index is 12.4. The van der Waals surface area contributed by atoms with Crippen LogP contribution < -0.4 is 10.2 Å². The van der Waals surface area contributed by atoms with E-state index in [1.165, 1.54) is 5.56 Å². The number of benzene rings is 1. The minimum Gasteiger partial charge on any atom is -0.330 e. The summed E-state index contributed by atoms with van der Waals surface area (Å²) in [7, 11) is 3.62. The van der Waals surface area contributed by atoms with E-state index in [4.69, 9.17) is 0 Å². The molecule has 1 atom stereocenters. The van der Waals surface area contributed by atoms with Crippen LogP contribution in [0, 0.1) is 0 Å². The molecule has 0 saturated heterocycles. The molecule has 1 aromatic rings. The molecule has 2 rings (SSSR count). The molecule has 4 heteroatoms. The number of rotatable bonds is 3. The lowest BCUT2D eigenvalue weighted by Gasteiger charge is -2.27. The zero-order valence-electron chi connectivity index (χ0n) is 12.7. The Bertz CT molecular complexity index is 459. The Labute approximate surface area is 121 Å². The van der Waals surface area contributed by atoms with Crippen molar-refractivity contribution in [1.29, 1.82) is 0 Å². The fourth-order valence-electron chi connectivity index (χ4n) is 2.73. The predicted molar refractivity (Wildman–Crippen MR) is 83.1 cm³/mol. The van der Waals surface area contributed by atoms with Gasteiger partial charge < -0.3 is 10.2 Å². The summed E-state index contributed by atoms with van der Waals surface area (Å²) < 4.78 is 0. The second-order valence-electron chi connectivity index (χ2n) is 5.54. The molecule has 0 radical (unpaired) electrons. The summed E-state index contributed by atoms with van der Waals surface area (Å²) in [5, 5.41) is 3.60. The minimum atomic E-state index is 0.0635. The van der Waals surface area contributed by atoms with Gasteiger partial charge in [0.05, 0.1) is 5.69 Å². The molecule has 1 heterocycles. The molecule has 1 aliphatic heterocycles. The summed E-state index contributed by atoms with van der Waals surface area (Å²) >= 11 is 0. The second-order valence-corrected chi connectivity index (χ2v) is 5.54. The van der Waals surface area contributed by atoms with Crippen molar-refractivity contribution in [2.75, 3.05) is 32.1 Å². The van der Waals surface area contributed by atoms with Gasteiger partial charge in [-0.25, -0.2) is 4.79 Å². The van der Waals surface area contributed by atoms with Crippen LogP contribution in [0.5, 0.6) is 0 Å². The van der Waals surface area contributed by atoms with Crippen molar-refractivity contribution in [3.63, 3.8) is 0 Å². The van der Waals surface area contributed by atoms with Gasteiger partial charge in [-0.3, -0.25) is 4.90 Å². The Morgan fingerprint density at radius 3 is 2.85 bits per heavy atom. The molecule has 1 N–H and O–H groups in total. The van der Waals surface area contributed by atoms with E-state index < -0.39 is 0 Å². The lowest BCUT2D eigenvalue weighted by Crippen LogP contribution is -2.39. The Morgan fingerprint density at radius 2 is 2.15 bits per heavy atom. The van der Waals surface area contributed by atoms with Crippen LogP contribution in [0.2, 0.25) is 0 Å². The third kappa shape index (κ3) is 3.12. The van der Waals surface area contributed by atoms with Gasteiger partial charge in [-0.1, -0.05) is 25.1 Å². The Kier molecular flexibility index (Phi) is 5.01. The number of urea groups is 1. The smallest absolute Gasteiger partial charge is 0.323 e. The standard InChI is InChI=1S/C16H25N3O/c1-4-11-17-14-9-7-12-19(16(20)18(2)3)15-10-6-5-8-13(14)15/h5-6,8,10,14,17H,4,7,9,11-12H2,1-3H3. The summed E-state index contributed by atoms with van der Waals surface area (Å²) in [6, 6.07) is 8.69.